The van der Waals surface area contributed by atoms with Crippen molar-refractivity contribution in [3.05, 3.63) is 0 Å². The Morgan fingerprint density at radius 1 is 1.14 bits per heavy atom. The van der Waals surface area contributed by atoms with Crippen LogP contribution in [-0.4, -0.2) is 87.2 Å². The fourth-order valence-corrected chi connectivity index (χ4v) is 3.50. The van der Waals surface area contributed by atoms with Crippen LogP contribution in [0.5, 0.6) is 0 Å². The summed E-state index contributed by atoms with van der Waals surface area (Å²) in [7, 11) is 3.86. The second kappa shape index (κ2) is 7.56. The molecule has 122 valence electrons. The lowest BCUT2D eigenvalue weighted by Gasteiger charge is -2.38. The summed E-state index contributed by atoms with van der Waals surface area (Å²) in [5.41, 5.74) is -0.157. The summed E-state index contributed by atoms with van der Waals surface area (Å²) in [4.78, 5) is 19.6. The van der Waals surface area contributed by atoms with Gasteiger partial charge < -0.3 is 14.5 Å². The summed E-state index contributed by atoms with van der Waals surface area (Å²) in [6.45, 7) is 9.89. The van der Waals surface area contributed by atoms with Gasteiger partial charge in [0.15, 0.2) is 0 Å². The van der Waals surface area contributed by atoms with Crippen molar-refractivity contribution in [2.75, 3.05) is 66.6 Å². The van der Waals surface area contributed by atoms with E-state index in [4.69, 9.17) is 4.74 Å². The molecular formula is C16H31N3O2. The summed E-state index contributed by atoms with van der Waals surface area (Å²) in [6.07, 6.45) is 3.31. The Hall–Kier alpha value is -0.650. The van der Waals surface area contributed by atoms with E-state index in [9.17, 15) is 4.79 Å². The Labute approximate surface area is 129 Å². The van der Waals surface area contributed by atoms with Crippen molar-refractivity contribution in [3.63, 3.8) is 0 Å². The second-order valence-electron chi connectivity index (χ2n) is 6.88. The first-order valence-electron chi connectivity index (χ1n) is 8.24. The number of rotatable bonds is 6. The number of hydrogen-bond donors (Lipinski definition) is 0. The highest BCUT2D eigenvalue weighted by molar-refractivity contribution is 5.83. The standard InChI is InChI=1S/C16H31N3O2/c1-16(6-8-17(2)14-16)15(20)19-11-9-18(10-12-19)7-4-5-13-21-3/h4-14H2,1-3H3/t16-/m0/s1. The second-order valence-corrected chi connectivity index (χ2v) is 6.88. The molecule has 0 saturated carbocycles. The first-order chi connectivity index (χ1) is 10.0. The number of carbonyl (C=O) groups excluding carboxylic acids is 1. The predicted octanol–water partition coefficient (Wildman–Crippen LogP) is 0.899. The van der Waals surface area contributed by atoms with Gasteiger partial charge >= 0.3 is 0 Å². The molecule has 2 rings (SSSR count). The topological polar surface area (TPSA) is 36.0 Å². The van der Waals surface area contributed by atoms with E-state index >= 15 is 0 Å². The minimum atomic E-state index is -0.157. The Morgan fingerprint density at radius 2 is 1.86 bits per heavy atom. The van der Waals surface area contributed by atoms with Gasteiger partial charge in [0, 0.05) is 46.4 Å². The molecule has 0 aliphatic carbocycles. The first-order valence-corrected chi connectivity index (χ1v) is 8.24. The van der Waals surface area contributed by atoms with Crippen molar-refractivity contribution in [1.29, 1.82) is 0 Å². The lowest BCUT2D eigenvalue weighted by molar-refractivity contribution is -0.142. The number of ether oxygens (including phenoxy) is 1. The zero-order valence-corrected chi connectivity index (χ0v) is 13.9. The van der Waals surface area contributed by atoms with Gasteiger partial charge in [-0.3, -0.25) is 9.69 Å². The highest BCUT2D eigenvalue weighted by atomic mass is 16.5. The van der Waals surface area contributed by atoms with Crippen LogP contribution in [0.2, 0.25) is 0 Å². The molecule has 0 radical (unpaired) electrons. The molecule has 0 spiro atoms. The van der Waals surface area contributed by atoms with Crippen LogP contribution in [0.25, 0.3) is 0 Å². The Bertz CT molecular complexity index is 342. The number of amides is 1. The molecule has 0 aromatic carbocycles. The summed E-state index contributed by atoms with van der Waals surface area (Å²) in [5, 5.41) is 0. The smallest absolute Gasteiger partial charge is 0.229 e. The molecule has 0 aromatic rings. The van der Waals surface area contributed by atoms with E-state index in [-0.39, 0.29) is 5.41 Å². The van der Waals surface area contributed by atoms with Crippen LogP contribution in [0.4, 0.5) is 0 Å². The number of likely N-dealkylation sites (tertiary alicyclic amines) is 1. The number of piperazine rings is 1. The molecule has 0 aromatic heterocycles. The van der Waals surface area contributed by atoms with Gasteiger partial charge in [-0.1, -0.05) is 0 Å². The van der Waals surface area contributed by atoms with Crippen LogP contribution in [0.15, 0.2) is 0 Å². The SMILES string of the molecule is COCCCCN1CCN(C(=O)[C@@]2(C)CCN(C)C2)CC1. The fourth-order valence-electron chi connectivity index (χ4n) is 3.50. The van der Waals surface area contributed by atoms with E-state index in [1.165, 1.54) is 6.42 Å². The van der Waals surface area contributed by atoms with Crippen LogP contribution in [-0.2, 0) is 9.53 Å². The third kappa shape index (κ3) is 4.41. The molecule has 2 aliphatic heterocycles. The average Bonchev–Trinajstić information content (AvgIpc) is 2.84. The summed E-state index contributed by atoms with van der Waals surface area (Å²) < 4.78 is 5.08. The van der Waals surface area contributed by atoms with E-state index in [2.05, 4.69) is 28.7 Å². The van der Waals surface area contributed by atoms with Gasteiger partial charge in [0.05, 0.1) is 5.41 Å². The van der Waals surface area contributed by atoms with E-state index in [1.54, 1.807) is 7.11 Å². The van der Waals surface area contributed by atoms with Crippen molar-refractivity contribution >= 4 is 5.91 Å². The Kier molecular flexibility index (Phi) is 6.02. The summed E-state index contributed by atoms with van der Waals surface area (Å²) >= 11 is 0. The molecule has 2 heterocycles. The molecule has 5 nitrogen and oxygen atoms in total. The molecule has 0 bridgehead atoms. The van der Waals surface area contributed by atoms with Crippen LogP contribution in [0.3, 0.4) is 0 Å². The third-order valence-electron chi connectivity index (χ3n) is 4.91. The maximum atomic E-state index is 12.7. The molecule has 2 aliphatic rings. The number of carbonyl (C=O) groups is 1. The zero-order valence-electron chi connectivity index (χ0n) is 13.9. The normalized spacial score (nSPS) is 28.2. The summed E-state index contributed by atoms with van der Waals surface area (Å²) in [5.74, 6) is 0.367. The van der Waals surface area contributed by atoms with E-state index < -0.39 is 0 Å². The van der Waals surface area contributed by atoms with Crippen molar-refractivity contribution in [3.8, 4) is 0 Å². The van der Waals surface area contributed by atoms with Gasteiger partial charge in [-0.15, -0.1) is 0 Å². The van der Waals surface area contributed by atoms with E-state index in [1.807, 2.05) is 0 Å². The molecule has 1 atom stereocenters. The van der Waals surface area contributed by atoms with Gasteiger partial charge in [0.1, 0.15) is 0 Å². The average molecular weight is 297 g/mol. The number of unbranched alkanes of at least 4 members (excludes halogenated alkanes) is 1. The van der Waals surface area contributed by atoms with Gasteiger partial charge in [-0.05, 0) is 46.3 Å². The molecule has 1 amide bonds. The third-order valence-corrected chi connectivity index (χ3v) is 4.91. The number of methoxy groups -OCH3 is 1. The van der Waals surface area contributed by atoms with Gasteiger partial charge in [-0.25, -0.2) is 0 Å². The summed E-state index contributed by atoms with van der Waals surface area (Å²) in [6, 6.07) is 0. The molecule has 0 unspecified atom stereocenters. The van der Waals surface area contributed by atoms with Crippen LogP contribution in [0, 0.1) is 5.41 Å². The molecule has 21 heavy (non-hydrogen) atoms. The Morgan fingerprint density at radius 3 is 2.43 bits per heavy atom. The monoisotopic (exact) mass is 297 g/mol. The highest BCUT2D eigenvalue weighted by Crippen LogP contribution is 2.31. The van der Waals surface area contributed by atoms with Gasteiger partial charge in [0.25, 0.3) is 0 Å². The van der Waals surface area contributed by atoms with E-state index in [0.29, 0.717) is 5.91 Å². The maximum Gasteiger partial charge on any atom is 0.229 e. The van der Waals surface area contributed by atoms with Crippen molar-refractivity contribution < 1.29 is 9.53 Å². The van der Waals surface area contributed by atoms with Crippen LogP contribution < -0.4 is 0 Å². The maximum absolute atomic E-state index is 12.7. The lowest BCUT2D eigenvalue weighted by atomic mass is 9.88. The molecule has 5 heteroatoms. The Balaban J connectivity index is 1.72. The molecule has 0 N–H and O–H groups in total. The van der Waals surface area contributed by atoms with Gasteiger partial charge in [-0.2, -0.15) is 0 Å². The number of nitrogens with zero attached hydrogens (tertiary/aromatic N) is 3. The predicted molar refractivity (Wildman–Crippen MR) is 84.4 cm³/mol. The molecule has 2 fully saturated rings. The largest absolute Gasteiger partial charge is 0.385 e. The zero-order chi connectivity index (χ0) is 15.3. The molecular weight excluding hydrogens is 266 g/mol. The first kappa shape index (κ1) is 16.7. The van der Waals surface area contributed by atoms with Gasteiger partial charge in [0.2, 0.25) is 5.91 Å². The highest BCUT2D eigenvalue weighted by Gasteiger charge is 2.41. The van der Waals surface area contributed by atoms with E-state index in [0.717, 1.165) is 65.3 Å². The van der Waals surface area contributed by atoms with Crippen molar-refractivity contribution in [1.82, 2.24) is 14.7 Å². The fraction of sp³-hybridized carbons (Fsp3) is 0.938. The number of hydrogen-bond acceptors (Lipinski definition) is 4. The lowest BCUT2D eigenvalue weighted by Crippen LogP contribution is -2.53. The van der Waals surface area contributed by atoms with Crippen molar-refractivity contribution in [2.24, 2.45) is 5.41 Å². The van der Waals surface area contributed by atoms with Crippen LogP contribution in [0.1, 0.15) is 26.2 Å². The minimum absolute atomic E-state index is 0.157. The van der Waals surface area contributed by atoms with Crippen molar-refractivity contribution in [2.45, 2.75) is 26.2 Å². The molecule has 2 saturated heterocycles. The minimum Gasteiger partial charge on any atom is -0.385 e. The van der Waals surface area contributed by atoms with Crippen LogP contribution >= 0.6 is 0 Å². The quantitative estimate of drug-likeness (QED) is 0.683.